The molecule has 1 fully saturated rings. The maximum absolute atomic E-state index is 14.4. The predicted molar refractivity (Wildman–Crippen MR) is 95.9 cm³/mol. The largest absolute Gasteiger partial charge is 0.392 e. The molecule has 0 saturated carbocycles. The smallest absolute Gasteiger partial charge is 0.166 e. The molecular formula is C19H18ClF2N3O. The molecule has 1 aliphatic heterocycles. The minimum absolute atomic E-state index is 0.125. The minimum atomic E-state index is -0.569. The Hall–Kier alpha value is -2.20. The SMILES string of the molecule is N#Cc1ccc(N2CCN(Cc3ccc(CO)c(F)c3)CC2)c(F)c1Cl. The fraction of sp³-hybridized carbons (Fsp3) is 0.316. The number of hydrogen-bond donors (Lipinski definition) is 1. The zero-order chi connectivity index (χ0) is 18.7. The molecular weight excluding hydrogens is 360 g/mol. The highest BCUT2D eigenvalue weighted by atomic mass is 35.5. The van der Waals surface area contributed by atoms with Crippen LogP contribution in [0.4, 0.5) is 14.5 Å². The summed E-state index contributed by atoms with van der Waals surface area (Å²) in [7, 11) is 0. The molecule has 0 aliphatic carbocycles. The number of aliphatic hydroxyl groups excluding tert-OH is 1. The third kappa shape index (κ3) is 3.80. The van der Waals surface area contributed by atoms with E-state index >= 15 is 0 Å². The van der Waals surface area contributed by atoms with Crippen molar-refractivity contribution in [2.24, 2.45) is 0 Å². The number of anilines is 1. The van der Waals surface area contributed by atoms with Crippen molar-refractivity contribution in [2.75, 3.05) is 31.1 Å². The Bertz CT molecular complexity index is 845. The second-order valence-corrected chi connectivity index (χ2v) is 6.60. The molecule has 0 spiro atoms. The summed E-state index contributed by atoms with van der Waals surface area (Å²) >= 11 is 5.91. The number of nitriles is 1. The molecule has 26 heavy (non-hydrogen) atoms. The van der Waals surface area contributed by atoms with Crippen LogP contribution in [0, 0.1) is 23.0 Å². The lowest BCUT2D eigenvalue weighted by molar-refractivity contribution is 0.248. The van der Waals surface area contributed by atoms with Crippen molar-refractivity contribution in [3.05, 3.63) is 63.7 Å². The second kappa shape index (κ2) is 8.00. The monoisotopic (exact) mass is 377 g/mol. The summed E-state index contributed by atoms with van der Waals surface area (Å²) < 4.78 is 28.2. The fourth-order valence-electron chi connectivity index (χ4n) is 3.09. The van der Waals surface area contributed by atoms with Crippen LogP contribution in [-0.4, -0.2) is 36.2 Å². The zero-order valence-electron chi connectivity index (χ0n) is 14.1. The van der Waals surface area contributed by atoms with Crippen LogP contribution in [0.15, 0.2) is 30.3 Å². The van der Waals surface area contributed by atoms with Gasteiger partial charge in [-0.1, -0.05) is 23.7 Å². The summed E-state index contributed by atoms with van der Waals surface area (Å²) in [6, 6.07) is 9.82. The lowest BCUT2D eigenvalue weighted by Gasteiger charge is -2.36. The highest BCUT2D eigenvalue weighted by Gasteiger charge is 2.22. The number of nitrogens with zero attached hydrogens (tertiary/aromatic N) is 3. The van der Waals surface area contributed by atoms with Gasteiger partial charge < -0.3 is 10.0 Å². The number of piperazine rings is 1. The Balaban J connectivity index is 1.64. The molecule has 1 saturated heterocycles. The Morgan fingerprint density at radius 3 is 2.46 bits per heavy atom. The topological polar surface area (TPSA) is 50.5 Å². The number of aliphatic hydroxyl groups is 1. The van der Waals surface area contributed by atoms with E-state index < -0.39 is 11.6 Å². The summed E-state index contributed by atoms with van der Waals surface area (Å²) in [6.45, 7) is 2.88. The molecule has 4 nitrogen and oxygen atoms in total. The van der Waals surface area contributed by atoms with Gasteiger partial charge in [0.25, 0.3) is 0 Å². The van der Waals surface area contributed by atoms with Crippen molar-refractivity contribution >= 4 is 17.3 Å². The minimum Gasteiger partial charge on any atom is -0.392 e. The van der Waals surface area contributed by atoms with Gasteiger partial charge in [0.2, 0.25) is 0 Å². The van der Waals surface area contributed by atoms with Crippen LogP contribution in [-0.2, 0) is 13.2 Å². The molecule has 1 aliphatic rings. The third-order valence-corrected chi connectivity index (χ3v) is 4.96. The first kappa shape index (κ1) is 18.6. The van der Waals surface area contributed by atoms with E-state index in [1.165, 1.54) is 12.1 Å². The molecule has 0 aromatic heterocycles. The van der Waals surface area contributed by atoms with Crippen LogP contribution in [0.5, 0.6) is 0 Å². The van der Waals surface area contributed by atoms with Crippen LogP contribution < -0.4 is 4.90 Å². The lowest BCUT2D eigenvalue weighted by Crippen LogP contribution is -2.46. The standard InChI is InChI=1S/C19H18ClF2N3O/c20-18-14(10-23)3-4-17(19(18)22)25-7-5-24(6-8-25)11-13-1-2-15(12-26)16(21)9-13/h1-4,9,26H,5-8,11-12H2. The Labute approximate surface area is 155 Å². The fourth-order valence-corrected chi connectivity index (χ4v) is 3.29. The predicted octanol–water partition coefficient (Wildman–Crippen LogP) is 3.30. The lowest BCUT2D eigenvalue weighted by atomic mass is 10.1. The van der Waals surface area contributed by atoms with E-state index in [1.807, 2.05) is 11.0 Å². The van der Waals surface area contributed by atoms with Gasteiger partial charge in [0.05, 0.1) is 22.9 Å². The molecule has 7 heteroatoms. The third-order valence-electron chi connectivity index (χ3n) is 4.59. The van der Waals surface area contributed by atoms with Gasteiger partial charge in [0, 0.05) is 38.3 Å². The van der Waals surface area contributed by atoms with Crippen LogP contribution in [0.3, 0.4) is 0 Å². The van der Waals surface area contributed by atoms with E-state index in [4.69, 9.17) is 22.0 Å². The highest BCUT2D eigenvalue weighted by Crippen LogP contribution is 2.29. The quantitative estimate of drug-likeness (QED) is 0.888. The normalized spacial score (nSPS) is 15.1. The highest BCUT2D eigenvalue weighted by molar-refractivity contribution is 6.32. The van der Waals surface area contributed by atoms with E-state index in [0.29, 0.717) is 38.4 Å². The van der Waals surface area contributed by atoms with Crippen molar-refractivity contribution < 1.29 is 13.9 Å². The molecule has 0 unspecified atom stereocenters. The van der Waals surface area contributed by atoms with Gasteiger partial charge in [0.1, 0.15) is 11.9 Å². The molecule has 2 aromatic rings. The maximum atomic E-state index is 14.4. The van der Waals surface area contributed by atoms with E-state index in [1.54, 1.807) is 18.2 Å². The average molecular weight is 378 g/mol. The Morgan fingerprint density at radius 2 is 1.85 bits per heavy atom. The first-order valence-electron chi connectivity index (χ1n) is 8.27. The Kier molecular flexibility index (Phi) is 5.72. The first-order chi connectivity index (χ1) is 12.5. The van der Waals surface area contributed by atoms with Crippen LogP contribution in [0.25, 0.3) is 0 Å². The van der Waals surface area contributed by atoms with Crippen molar-refractivity contribution in [3.63, 3.8) is 0 Å². The number of halogens is 3. The molecule has 1 N–H and O–H groups in total. The number of benzene rings is 2. The van der Waals surface area contributed by atoms with Crippen molar-refractivity contribution in [2.45, 2.75) is 13.2 Å². The van der Waals surface area contributed by atoms with Crippen molar-refractivity contribution in [3.8, 4) is 6.07 Å². The first-order valence-corrected chi connectivity index (χ1v) is 8.65. The van der Waals surface area contributed by atoms with Crippen LogP contribution in [0.1, 0.15) is 16.7 Å². The zero-order valence-corrected chi connectivity index (χ0v) is 14.8. The van der Waals surface area contributed by atoms with Crippen LogP contribution in [0.2, 0.25) is 5.02 Å². The van der Waals surface area contributed by atoms with E-state index in [9.17, 15) is 8.78 Å². The summed E-state index contributed by atoms with van der Waals surface area (Å²) in [5, 5.41) is 17.8. The summed E-state index contributed by atoms with van der Waals surface area (Å²) in [5.41, 5.74) is 1.64. The van der Waals surface area contributed by atoms with Gasteiger partial charge in [-0.2, -0.15) is 5.26 Å². The van der Waals surface area contributed by atoms with Gasteiger partial charge in [-0.15, -0.1) is 0 Å². The van der Waals surface area contributed by atoms with Crippen molar-refractivity contribution in [1.82, 2.24) is 4.90 Å². The molecule has 0 amide bonds. The van der Waals surface area contributed by atoms with E-state index in [-0.39, 0.29) is 22.8 Å². The Morgan fingerprint density at radius 1 is 1.12 bits per heavy atom. The van der Waals surface area contributed by atoms with E-state index in [2.05, 4.69) is 4.90 Å². The summed E-state index contributed by atoms with van der Waals surface area (Å²) in [6.07, 6.45) is 0. The molecule has 0 atom stereocenters. The summed E-state index contributed by atoms with van der Waals surface area (Å²) in [5.74, 6) is -0.973. The van der Waals surface area contributed by atoms with Crippen molar-refractivity contribution in [1.29, 1.82) is 5.26 Å². The summed E-state index contributed by atoms with van der Waals surface area (Å²) in [4.78, 5) is 4.06. The molecule has 0 radical (unpaired) electrons. The molecule has 136 valence electrons. The molecule has 2 aromatic carbocycles. The number of hydrogen-bond acceptors (Lipinski definition) is 4. The molecule has 0 bridgehead atoms. The van der Waals surface area contributed by atoms with Gasteiger partial charge in [-0.05, 0) is 23.8 Å². The molecule has 1 heterocycles. The van der Waals surface area contributed by atoms with E-state index in [0.717, 1.165) is 5.56 Å². The van der Waals surface area contributed by atoms with Gasteiger partial charge >= 0.3 is 0 Å². The van der Waals surface area contributed by atoms with Crippen LogP contribution >= 0.6 is 11.6 Å². The number of rotatable bonds is 4. The maximum Gasteiger partial charge on any atom is 0.166 e. The average Bonchev–Trinajstić information content (AvgIpc) is 2.65. The van der Waals surface area contributed by atoms with Gasteiger partial charge in [-0.25, -0.2) is 8.78 Å². The second-order valence-electron chi connectivity index (χ2n) is 6.22. The van der Waals surface area contributed by atoms with Gasteiger partial charge in [-0.3, -0.25) is 4.90 Å². The molecule has 3 rings (SSSR count). The van der Waals surface area contributed by atoms with Gasteiger partial charge in [0.15, 0.2) is 5.82 Å².